The maximum absolute atomic E-state index is 5.62. The van der Waals surface area contributed by atoms with E-state index in [1.54, 1.807) is 0 Å². The van der Waals surface area contributed by atoms with Gasteiger partial charge in [-0.25, -0.2) is 0 Å². The Bertz CT molecular complexity index is 232. The standard InChI is InChI=1S/C13H26N2S/c1-9-5-10(2)7-12(6-9)15(4)11(3)8-13(14)16/h9-12H,5-8H2,1-4H3,(H2,14,16). The summed E-state index contributed by atoms with van der Waals surface area (Å²) < 4.78 is 0. The third-order valence-electron chi connectivity index (χ3n) is 3.92. The van der Waals surface area contributed by atoms with E-state index in [9.17, 15) is 0 Å². The summed E-state index contributed by atoms with van der Waals surface area (Å²) in [5.41, 5.74) is 5.62. The summed E-state index contributed by atoms with van der Waals surface area (Å²) in [5.74, 6) is 1.71. The molecule has 0 aromatic heterocycles. The average molecular weight is 242 g/mol. The van der Waals surface area contributed by atoms with Crippen molar-refractivity contribution in [2.45, 2.75) is 58.5 Å². The van der Waals surface area contributed by atoms with Crippen LogP contribution in [0.2, 0.25) is 0 Å². The Morgan fingerprint density at radius 3 is 2.25 bits per heavy atom. The molecule has 3 unspecified atom stereocenters. The van der Waals surface area contributed by atoms with Gasteiger partial charge in [0.1, 0.15) is 0 Å². The van der Waals surface area contributed by atoms with E-state index in [2.05, 4.69) is 32.7 Å². The number of hydrogen-bond donors (Lipinski definition) is 1. The summed E-state index contributed by atoms with van der Waals surface area (Å²) in [6.45, 7) is 6.96. The largest absolute Gasteiger partial charge is 0.393 e. The van der Waals surface area contributed by atoms with E-state index in [1.165, 1.54) is 19.3 Å². The second kappa shape index (κ2) is 5.97. The van der Waals surface area contributed by atoms with Crippen LogP contribution < -0.4 is 5.73 Å². The molecule has 3 heteroatoms. The highest BCUT2D eigenvalue weighted by Crippen LogP contribution is 2.31. The molecular weight excluding hydrogens is 216 g/mol. The van der Waals surface area contributed by atoms with Crippen LogP contribution in [0.3, 0.4) is 0 Å². The van der Waals surface area contributed by atoms with Gasteiger partial charge in [-0.05, 0) is 45.1 Å². The van der Waals surface area contributed by atoms with E-state index in [1.807, 2.05) is 0 Å². The van der Waals surface area contributed by atoms with Crippen LogP contribution in [0.5, 0.6) is 0 Å². The molecule has 0 saturated heterocycles. The van der Waals surface area contributed by atoms with Crippen LogP contribution in [-0.4, -0.2) is 29.0 Å². The summed E-state index contributed by atoms with van der Waals surface area (Å²) in [6, 6.07) is 1.18. The minimum absolute atomic E-state index is 0.472. The van der Waals surface area contributed by atoms with Gasteiger partial charge in [0.15, 0.2) is 0 Å². The lowest BCUT2D eigenvalue weighted by Gasteiger charge is -2.40. The Hall–Kier alpha value is -0.150. The number of rotatable bonds is 4. The van der Waals surface area contributed by atoms with Crippen LogP contribution in [0.15, 0.2) is 0 Å². The van der Waals surface area contributed by atoms with Gasteiger partial charge in [0, 0.05) is 18.5 Å². The van der Waals surface area contributed by atoms with E-state index in [4.69, 9.17) is 18.0 Å². The zero-order valence-electron chi connectivity index (χ0n) is 11.1. The van der Waals surface area contributed by atoms with Crippen LogP contribution in [-0.2, 0) is 0 Å². The van der Waals surface area contributed by atoms with Gasteiger partial charge in [0.2, 0.25) is 0 Å². The van der Waals surface area contributed by atoms with Crippen molar-refractivity contribution >= 4 is 17.2 Å². The summed E-state index contributed by atoms with van der Waals surface area (Å²) in [7, 11) is 2.22. The molecule has 3 atom stereocenters. The highest BCUT2D eigenvalue weighted by Gasteiger charge is 2.28. The van der Waals surface area contributed by atoms with Crippen molar-refractivity contribution in [1.29, 1.82) is 0 Å². The van der Waals surface area contributed by atoms with Gasteiger partial charge in [0.25, 0.3) is 0 Å². The minimum atomic E-state index is 0.472. The number of nitrogens with zero attached hydrogens (tertiary/aromatic N) is 1. The maximum atomic E-state index is 5.62. The molecule has 0 spiro atoms. The van der Waals surface area contributed by atoms with Crippen molar-refractivity contribution < 1.29 is 0 Å². The molecule has 16 heavy (non-hydrogen) atoms. The summed E-state index contributed by atoms with van der Waals surface area (Å²) in [4.78, 5) is 3.11. The minimum Gasteiger partial charge on any atom is -0.393 e. The van der Waals surface area contributed by atoms with E-state index in [-0.39, 0.29) is 0 Å². The second-order valence-corrected chi connectivity index (χ2v) is 6.28. The third kappa shape index (κ3) is 4.02. The van der Waals surface area contributed by atoms with Crippen LogP contribution in [0.25, 0.3) is 0 Å². The Kier molecular flexibility index (Phi) is 5.19. The lowest BCUT2D eigenvalue weighted by molar-refractivity contribution is 0.105. The van der Waals surface area contributed by atoms with E-state index < -0.39 is 0 Å². The molecule has 0 amide bonds. The zero-order valence-corrected chi connectivity index (χ0v) is 11.9. The first kappa shape index (κ1) is 13.9. The van der Waals surface area contributed by atoms with Gasteiger partial charge in [-0.2, -0.15) is 0 Å². The lowest BCUT2D eigenvalue weighted by Crippen LogP contribution is -2.44. The molecule has 1 fully saturated rings. The maximum Gasteiger partial charge on any atom is 0.0742 e. The monoisotopic (exact) mass is 242 g/mol. The molecule has 2 N–H and O–H groups in total. The van der Waals surface area contributed by atoms with Gasteiger partial charge in [-0.3, -0.25) is 0 Å². The van der Waals surface area contributed by atoms with Gasteiger partial charge in [0.05, 0.1) is 4.99 Å². The molecule has 1 rings (SSSR count). The fourth-order valence-electron chi connectivity index (χ4n) is 3.03. The van der Waals surface area contributed by atoms with Crippen LogP contribution in [0.4, 0.5) is 0 Å². The fourth-order valence-corrected chi connectivity index (χ4v) is 3.27. The molecule has 1 aliphatic carbocycles. The number of thiocarbonyl (C=S) groups is 1. The van der Waals surface area contributed by atoms with Crippen molar-refractivity contribution in [3.63, 3.8) is 0 Å². The molecule has 0 radical (unpaired) electrons. The smallest absolute Gasteiger partial charge is 0.0742 e. The predicted octanol–water partition coefficient (Wildman–Crippen LogP) is 2.81. The Morgan fingerprint density at radius 2 is 1.81 bits per heavy atom. The first-order valence-corrected chi connectivity index (χ1v) is 6.81. The molecule has 0 aliphatic heterocycles. The molecular formula is C13H26N2S. The Morgan fingerprint density at radius 1 is 1.31 bits per heavy atom. The molecule has 1 aliphatic rings. The predicted molar refractivity (Wildman–Crippen MR) is 74.6 cm³/mol. The van der Waals surface area contributed by atoms with Crippen LogP contribution >= 0.6 is 12.2 Å². The van der Waals surface area contributed by atoms with Gasteiger partial charge >= 0.3 is 0 Å². The van der Waals surface area contributed by atoms with Crippen molar-refractivity contribution in [3.05, 3.63) is 0 Å². The normalized spacial score (nSPS) is 32.7. The van der Waals surface area contributed by atoms with Crippen molar-refractivity contribution in [3.8, 4) is 0 Å². The van der Waals surface area contributed by atoms with E-state index >= 15 is 0 Å². The lowest BCUT2D eigenvalue weighted by atomic mass is 9.79. The van der Waals surface area contributed by atoms with E-state index in [0.717, 1.165) is 18.3 Å². The Labute approximate surface area is 106 Å². The molecule has 0 heterocycles. The van der Waals surface area contributed by atoms with Crippen LogP contribution in [0.1, 0.15) is 46.5 Å². The molecule has 2 nitrogen and oxygen atoms in total. The quantitative estimate of drug-likeness (QED) is 0.769. The summed E-state index contributed by atoms with van der Waals surface area (Å²) >= 11 is 4.99. The van der Waals surface area contributed by atoms with Crippen LogP contribution in [0, 0.1) is 11.8 Å². The second-order valence-electron chi connectivity index (χ2n) is 5.76. The zero-order chi connectivity index (χ0) is 12.3. The fraction of sp³-hybridized carbons (Fsp3) is 0.923. The first-order chi connectivity index (χ1) is 7.40. The third-order valence-corrected chi connectivity index (χ3v) is 4.09. The highest BCUT2D eigenvalue weighted by atomic mass is 32.1. The Balaban J connectivity index is 2.51. The summed E-state index contributed by atoms with van der Waals surface area (Å²) in [5, 5.41) is 0. The van der Waals surface area contributed by atoms with Crippen molar-refractivity contribution in [2.75, 3.05) is 7.05 Å². The number of hydrogen-bond acceptors (Lipinski definition) is 2. The molecule has 0 aromatic rings. The first-order valence-electron chi connectivity index (χ1n) is 6.40. The number of nitrogens with two attached hydrogens (primary N) is 1. The van der Waals surface area contributed by atoms with E-state index in [0.29, 0.717) is 17.1 Å². The molecule has 0 aromatic carbocycles. The van der Waals surface area contributed by atoms with Crippen molar-refractivity contribution in [2.24, 2.45) is 17.6 Å². The topological polar surface area (TPSA) is 29.3 Å². The molecule has 0 bridgehead atoms. The molecule has 94 valence electrons. The molecule has 1 saturated carbocycles. The summed E-state index contributed by atoms with van der Waals surface area (Å²) in [6.07, 6.45) is 4.87. The van der Waals surface area contributed by atoms with Gasteiger partial charge < -0.3 is 10.6 Å². The van der Waals surface area contributed by atoms with Gasteiger partial charge in [-0.15, -0.1) is 0 Å². The van der Waals surface area contributed by atoms with Gasteiger partial charge in [-0.1, -0.05) is 26.1 Å². The van der Waals surface area contributed by atoms with Crippen molar-refractivity contribution in [1.82, 2.24) is 4.90 Å². The highest BCUT2D eigenvalue weighted by molar-refractivity contribution is 7.80. The SMILES string of the molecule is CC1CC(C)CC(N(C)C(C)CC(N)=S)C1. The average Bonchev–Trinajstić information content (AvgIpc) is 2.13.